The van der Waals surface area contributed by atoms with Crippen molar-refractivity contribution < 1.29 is 18.8 Å². The number of benzene rings is 1. The zero-order chi connectivity index (χ0) is 21.3. The van der Waals surface area contributed by atoms with E-state index >= 15 is 0 Å². The molecule has 2 aliphatic carbocycles. The molecule has 4 rings (SSSR count). The van der Waals surface area contributed by atoms with Crippen LogP contribution >= 0.6 is 0 Å². The Morgan fingerprint density at radius 1 is 1.23 bits per heavy atom. The van der Waals surface area contributed by atoms with Crippen LogP contribution in [0.4, 0.5) is 8.78 Å². The molecule has 0 spiro atoms. The number of carbonyl (C=O) groups is 1. The quantitative estimate of drug-likeness (QED) is 0.584. The Balaban J connectivity index is 1.79. The number of amides is 1. The van der Waals surface area contributed by atoms with Gasteiger partial charge in [0.1, 0.15) is 11.6 Å². The number of hydrogen-bond donors (Lipinski definition) is 2. The Kier molecular flexibility index (Phi) is 5.39. The first-order valence-electron chi connectivity index (χ1n) is 9.97. The molecular weight excluding hydrogens is 388 g/mol. The third kappa shape index (κ3) is 3.39. The van der Waals surface area contributed by atoms with Crippen molar-refractivity contribution >= 4 is 11.6 Å². The van der Waals surface area contributed by atoms with E-state index in [0.717, 1.165) is 24.1 Å². The molecule has 0 saturated heterocycles. The number of carbonyl (C=O) groups excluding carboxylic acids is 1. The van der Waals surface area contributed by atoms with E-state index in [1.807, 2.05) is 6.08 Å². The summed E-state index contributed by atoms with van der Waals surface area (Å²) in [5.74, 6) is -1.38. The highest BCUT2D eigenvalue weighted by Crippen LogP contribution is 2.41. The van der Waals surface area contributed by atoms with Crippen molar-refractivity contribution in [3.8, 4) is 0 Å². The van der Waals surface area contributed by atoms with Gasteiger partial charge in [-0.2, -0.15) is 5.10 Å². The van der Waals surface area contributed by atoms with E-state index in [-0.39, 0.29) is 12.2 Å². The molecule has 0 saturated carbocycles. The van der Waals surface area contributed by atoms with Crippen LogP contribution in [0.1, 0.15) is 41.6 Å². The zero-order valence-corrected chi connectivity index (χ0v) is 16.7. The van der Waals surface area contributed by atoms with Crippen molar-refractivity contribution in [1.29, 1.82) is 0 Å². The van der Waals surface area contributed by atoms with Crippen LogP contribution in [0.2, 0.25) is 0 Å². The zero-order valence-electron chi connectivity index (χ0n) is 16.7. The van der Waals surface area contributed by atoms with Crippen LogP contribution < -0.4 is 5.48 Å². The van der Waals surface area contributed by atoms with Gasteiger partial charge >= 0.3 is 0 Å². The first kappa shape index (κ1) is 20.2. The molecule has 0 aliphatic heterocycles. The van der Waals surface area contributed by atoms with E-state index in [2.05, 4.69) is 5.10 Å². The molecule has 1 heterocycles. The van der Waals surface area contributed by atoms with E-state index in [0.29, 0.717) is 29.7 Å². The summed E-state index contributed by atoms with van der Waals surface area (Å²) in [6.45, 7) is 1.63. The van der Waals surface area contributed by atoms with E-state index in [4.69, 9.17) is 0 Å². The lowest BCUT2D eigenvalue weighted by Gasteiger charge is -2.36. The van der Waals surface area contributed by atoms with Gasteiger partial charge in [0.25, 0.3) is 5.91 Å². The highest BCUT2D eigenvalue weighted by atomic mass is 19.1. The number of nitrogens with one attached hydrogen (secondary N) is 1. The average Bonchev–Trinajstić information content (AvgIpc) is 3.14. The summed E-state index contributed by atoms with van der Waals surface area (Å²) < 4.78 is 30.3. The third-order valence-electron chi connectivity index (χ3n) is 6.01. The Morgan fingerprint density at radius 2 is 2.00 bits per heavy atom. The van der Waals surface area contributed by atoms with Gasteiger partial charge in [-0.05, 0) is 73.9 Å². The lowest BCUT2D eigenvalue weighted by atomic mass is 9.67. The second kappa shape index (κ2) is 7.99. The predicted octanol–water partition coefficient (Wildman–Crippen LogP) is 4.31. The van der Waals surface area contributed by atoms with Crippen molar-refractivity contribution in [1.82, 2.24) is 15.3 Å². The average molecular weight is 411 g/mol. The molecular formula is C23H23F2N3O2. The van der Waals surface area contributed by atoms with Crippen LogP contribution in [-0.4, -0.2) is 20.9 Å². The van der Waals surface area contributed by atoms with Crippen LogP contribution in [-0.2, 0) is 23.1 Å². The Labute approximate surface area is 173 Å². The minimum absolute atomic E-state index is 0.230. The highest BCUT2D eigenvalue weighted by Gasteiger charge is 2.45. The van der Waals surface area contributed by atoms with Gasteiger partial charge in [-0.1, -0.05) is 24.3 Å². The van der Waals surface area contributed by atoms with Crippen LogP contribution in [0.5, 0.6) is 0 Å². The fourth-order valence-electron chi connectivity index (χ4n) is 4.38. The molecule has 2 aliphatic rings. The Hall–Kier alpha value is -3.06. The topological polar surface area (TPSA) is 67.2 Å². The number of hydrogen-bond acceptors (Lipinski definition) is 3. The maximum absolute atomic E-state index is 14.6. The Morgan fingerprint density at radius 3 is 2.77 bits per heavy atom. The first-order valence-corrected chi connectivity index (χ1v) is 9.97. The summed E-state index contributed by atoms with van der Waals surface area (Å²) in [6, 6.07) is 4.63. The number of fused-ring (bicyclic) bond motifs is 1. The van der Waals surface area contributed by atoms with Crippen LogP contribution in [0.15, 0.2) is 54.5 Å². The lowest BCUT2D eigenvalue weighted by Crippen LogP contribution is -2.47. The van der Waals surface area contributed by atoms with Gasteiger partial charge in [-0.15, -0.1) is 0 Å². The van der Waals surface area contributed by atoms with Gasteiger partial charge < -0.3 is 0 Å². The molecule has 2 N–H and O–H groups in total. The van der Waals surface area contributed by atoms with E-state index in [1.165, 1.54) is 16.8 Å². The number of rotatable bonds is 3. The largest absolute Gasteiger partial charge is 0.289 e. The fourth-order valence-corrected chi connectivity index (χ4v) is 4.38. The monoisotopic (exact) mass is 411 g/mol. The summed E-state index contributed by atoms with van der Waals surface area (Å²) in [4.78, 5) is 12.8. The standard InChI is InChI=1S/C23H23F2N3O2/c1-15-17(7-6-9-18(15)24)23(22(29)27-30)12-11-20-16(13-23)14-28(26-20)21-10-5-3-2-4-8-19(21)25/h4-10,14,30H,2-3,11-13H2,1H3,(H,27,29)/b8-4-,10-5-,21-19-. The summed E-state index contributed by atoms with van der Waals surface area (Å²) in [5, 5.41) is 14.0. The minimum atomic E-state index is -1.13. The van der Waals surface area contributed by atoms with Crippen molar-refractivity contribution in [2.45, 2.75) is 44.4 Å². The number of aromatic nitrogens is 2. The molecule has 5 nitrogen and oxygen atoms in total. The number of allylic oxidation sites excluding steroid dienone is 6. The maximum Gasteiger partial charge on any atom is 0.254 e. The highest BCUT2D eigenvalue weighted by molar-refractivity contribution is 5.88. The van der Waals surface area contributed by atoms with Gasteiger partial charge in [0, 0.05) is 6.20 Å². The molecule has 0 bridgehead atoms. The fraction of sp³-hybridized carbons (Fsp3) is 0.304. The van der Waals surface area contributed by atoms with Crippen molar-refractivity contribution in [2.24, 2.45) is 0 Å². The number of halogens is 2. The molecule has 0 radical (unpaired) electrons. The van der Waals surface area contributed by atoms with Gasteiger partial charge in [0.2, 0.25) is 0 Å². The minimum Gasteiger partial charge on any atom is -0.289 e. The first-order chi connectivity index (χ1) is 14.5. The van der Waals surface area contributed by atoms with Crippen LogP contribution in [0.3, 0.4) is 0 Å². The second-order valence-corrected chi connectivity index (χ2v) is 7.77. The number of aryl methyl sites for hydroxylation is 1. The summed E-state index contributed by atoms with van der Waals surface area (Å²) in [7, 11) is 0. The molecule has 1 atom stereocenters. The SMILES string of the molecule is Cc1c(F)cccc1C1(C(=O)NO)CCc2nn(C3=C(F)/C=C\CC/C=C\3)cc2C1. The van der Waals surface area contributed by atoms with Gasteiger partial charge in [-0.3, -0.25) is 10.0 Å². The lowest BCUT2D eigenvalue weighted by molar-refractivity contribution is -0.135. The molecule has 1 aromatic carbocycles. The van der Waals surface area contributed by atoms with E-state index in [9.17, 15) is 18.8 Å². The van der Waals surface area contributed by atoms with Crippen molar-refractivity contribution in [3.63, 3.8) is 0 Å². The number of nitrogens with zero attached hydrogens (tertiary/aromatic N) is 2. The van der Waals surface area contributed by atoms with Crippen LogP contribution in [0.25, 0.3) is 5.70 Å². The second-order valence-electron chi connectivity index (χ2n) is 7.77. The maximum atomic E-state index is 14.6. The van der Waals surface area contributed by atoms with Crippen molar-refractivity contribution in [3.05, 3.63) is 82.7 Å². The summed E-state index contributed by atoms with van der Waals surface area (Å²) >= 11 is 0. The molecule has 1 aromatic heterocycles. The van der Waals surface area contributed by atoms with Gasteiger partial charge in [-0.25, -0.2) is 18.9 Å². The molecule has 156 valence electrons. The molecule has 1 amide bonds. The van der Waals surface area contributed by atoms with Crippen LogP contribution in [0, 0.1) is 12.7 Å². The molecule has 7 heteroatoms. The molecule has 0 fully saturated rings. The molecule has 30 heavy (non-hydrogen) atoms. The summed E-state index contributed by atoms with van der Waals surface area (Å²) in [5.41, 5.74) is 3.41. The normalized spacial score (nSPS) is 25.7. The van der Waals surface area contributed by atoms with Gasteiger partial charge in [0.15, 0.2) is 0 Å². The molecule has 2 aromatic rings. The Bertz CT molecular complexity index is 1080. The predicted molar refractivity (Wildman–Crippen MR) is 109 cm³/mol. The number of hydroxylamine groups is 1. The molecule has 1 unspecified atom stereocenters. The third-order valence-corrected chi connectivity index (χ3v) is 6.01. The van der Waals surface area contributed by atoms with E-state index in [1.54, 1.807) is 42.9 Å². The van der Waals surface area contributed by atoms with Crippen molar-refractivity contribution in [2.75, 3.05) is 0 Å². The van der Waals surface area contributed by atoms with Gasteiger partial charge in [0.05, 0.1) is 16.8 Å². The van der Waals surface area contributed by atoms with E-state index < -0.39 is 17.1 Å². The smallest absolute Gasteiger partial charge is 0.254 e. The summed E-state index contributed by atoms with van der Waals surface area (Å²) in [6.07, 6.45) is 11.2.